The Morgan fingerprint density at radius 3 is 2.73 bits per heavy atom. The Morgan fingerprint density at radius 1 is 1.13 bits per heavy atom. The molecule has 0 saturated heterocycles. The monoisotopic (exact) mass is 413 g/mol. The molecule has 1 aliphatic carbocycles. The molecule has 0 bridgehead atoms. The normalized spacial score (nSPS) is 18.6. The van der Waals surface area contributed by atoms with E-state index in [2.05, 4.69) is 20.1 Å². The van der Waals surface area contributed by atoms with E-state index in [1.54, 1.807) is 24.5 Å². The van der Waals surface area contributed by atoms with Crippen molar-refractivity contribution in [1.29, 1.82) is 0 Å². The van der Waals surface area contributed by atoms with Crippen LogP contribution in [0.2, 0.25) is 0 Å². The van der Waals surface area contributed by atoms with Crippen LogP contribution in [0, 0.1) is 0 Å². The Balaban J connectivity index is 1.57. The van der Waals surface area contributed by atoms with Crippen molar-refractivity contribution in [2.45, 2.75) is 24.4 Å². The van der Waals surface area contributed by atoms with Gasteiger partial charge < -0.3 is 4.98 Å². The Hall–Kier alpha value is -3.69. The number of nitrogens with one attached hydrogen (secondary N) is 2. The van der Waals surface area contributed by atoms with Crippen molar-refractivity contribution in [3.63, 3.8) is 0 Å². The van der Waals surface area contributed by atoms with E-state index in [4.69, 9.17) is 0 Å². The summed E-state index contributed by atoms with van der Waals surface area (Å²) in [6.45, 7) is 0. The molecule has 1 fully saturated rings. The van der Waals surface area contributed by atoms with Gasteiger partial charge in [-0.1, -0.05) is 18.2 Å². The molecule has 4 aromatic rings. The highest BCUT2D eigenvalue weighted by Crippen LogP contribution is 2.56. The van der Waals surface area contributed by atoms with Crippen LogP contribution in [0.5, 0.6) is 0 Å². The summed E-state index contributed by atoms with van der Waals surface area (Å²) in [5.41, 5.74) is 0.621. The number of alkyl halides is 3. The van der Waals surface area contributed by atoms with Crippen molar-refractivity contribution >= 4 is 5.65 Å². The number of nitrogens with zero attached hydrogens (tertiary/aromatic N) is 3. The van der Waals surface area contributed by atoms with Crippen molar-refractivity contribution in [3.8, 4) is 11.3 Å². The predicted octanol–water partition coefficient (Wildman–Crippen LogP) is 3.06. The molecule has 5 rings (SSSR count). The van der Waals surface area contributed by atoms with Crippen LogP contribution in [-0.2, 0) is 6.18 Å². The second-order valence-corrected chi connectivity index (χ2v) is 7.24. The van der Waals surface area contributed by atoms with Crippen LogP contribution in [0.1, 0.15) is 34.9 Å². The third-order valence-electron chi connectivity index (χ3n) is 5.31. The van der Waals surface area contributed by atoms with Crippen molar-refractivity contribution in [3.05, 3.63) is 86.5 Å². The first-order valence-electron chi connectivity index (χ1n) is 9.15. The van der Waals surface area contributed by atoms with Gasteiger partial charge in [-0.25, -0.2) is 14.3 Å². The third-order valence-corrected chi connectivity index (χ3v) is 5.31. The topological polar surface area (TPSA) is 95.9 Å². The minimum absolute atomic E-state index is 0.0537. The summed E-state index contributed by atoms with van der Waals surface area (Å²) < 4.78 is 40.7. The molecule has 152 valence electrons. The van der Waals surface area contributed by atoms with E-state index in [1.807, 2.05) is 0 Å². The molecule has 0 spiro atoms. The van der Waals surface area contributed by atoms with Gasteiger partial charge in [0.15, 0.2) is 5.65 Å². The van der Waals surface area contributed by atoms with Gasteiger partial charge >= 0.3 is 11.9 Å². The van der Waals surface area contributed by atoms with E-state index in [0.717, 1.165) is 11.6 Å². The summed E-state index contributed by atoms with van der Waals surface area (Å²) in [7, 11) is 0. The molecule has 3 aromatic heterocycles. The quantitative estimate of drug-likeness (QED) is 0.540. The van der Waals surface area contributed by atoms with E-state index in [1.165, 1.54) is 22.8 Å². The maximum Gasteiger partial charge on any atom is 0.416 e. The fourth-order valence-electron chi connectivity index (χ4n) is 3.80. The SMILES string of the molecule is O=c1[nH]cc(-c2cc([C@@H]3C[C@H]3c3cccc(C(F)(F)F)c3)c3nccn3n2)c(=O)[nH]1. The van der Waals surface area contributed by atoms with Crippen molar-refractivity contribution in [2.24, 2.45) is 0 Å². The Kier molecular flexibility index (Phi) is 3.92. The van der Waals surface area contributed by atoms with Crippen molar-refractivity contribution in [1.82, 2.24) is 24.6 Å². The minimum Gasteiger partial charge on any atom is -0.313 e. The first kappa shape index (κ1) is 18.3. The molecule has 30 heavy (non-hydrogen) atoms. The van der Waals surface area contributed by atoms with Gasteiger partial charge in [-0.05, 0) is 36.0 Å². The van der Waals surface area contributed by atoms with Gasteiger partial charge in [-0.15, -0.1) is 0 Å². The van der Waals surface area contributed by atoms with Gasteiger partial charge in [0.2, 0.25) is 0 Å². The average Bonchev–Trinajstić information content (AvgIpc) is 3.35. The lowest BCUT2D eigenvalue weighted by atomic mass is 10.0. The number of H-pyrrole nitrogens is 2. The number of aromatic amines is 2. The maximum atomic E-state index is 13.1. The van der Waals surface area contributed by atoms with Crippen LogP contribution in [-0.4, -0.2) is 24.6 Å². The summed E-state index contributed by atoms with van der Waals surface area (Å²) in [5.74, 6) is -0.140. The molecule has 1 aliphatic rings. The van der Waals surface area contributed by atoms with Crippen LogP contribution in [0.3, 0.4) is 0 Å². The van der Waals surface area contributed by atoms with Gasteiger partial charge in [-0.3, -0.25) is 9.78 Å². The van der Waals surface area contributed by atoms with Gasteiger partial charge in [0.1, 0.15) is 0 Å². The fourth-order valence-corrected chi connectivity index (χ4v) is 3.80. The number of rotatable bonds is 3. The summed E-state index contributed by atoms with van der Waals surface area (Å²) >= 11 is 0. The van der Waals surface area contributed by atoms with E-state index in [-0.39, 0.29) is 17.4 Å². The molecule has 1 saturated carbocycles. The highest BCUT2D eigenvalue weighted by molar-refractivity contribution is 5.63. The van der Waals surface area contributed by atoms with Gasteiger partial charge in [-0.2, -0.15) is 18.3 Å². The molecule has 7 nitrogen and oxygen atoms in total. The molecule has 10 heteroatoms. The van der Waals surface area contributed by atoms with E-state index >= 15 is 0 Å². The summed E-state index contributed by atoms with van der Waals surface area (Å²) in [5, 5.41) is 4.37. The molecule has 2 atom stereocenters. The Morgan fingerprint density at radius 2 is 1.97 bits per heavy atom. The van der Waals surface area contributed by atoms with Crippen LogP contribution in [0.15, 0.2) is 58.5 Å². The molecule has 0 radical (unpaired) electrons. The number of imidazole rings is 1. The fraction of sp³-hybridized carbons (Fsp3) is 0.200. The lowest BCUT2D eigenvalue weighted by Crippen LogP contribution is -2.23. The van der Waals surface area contributed by atoms with Crippen LogP contribution >= 0.6 is 0 Å². The zero-order valence-electron chi connectivity index (χ0n) is 15.3. The summed E-state index contributed by atoms with van der Waals surface area (Å²) in [4.78, 5) is 32.4. The zero-order valence-corrected chi connectivity index (χ0v) is 15.3. The largest absolute Gasteiger partial charge is 0.416 e. The molecule has 1 aromatic carbocycles. The molecular formula is C20H14F3N5O2. The highest BCUT2D eigenvalue weighted by Gasteiger charge is 2.42. The van der Waals surface area contributed by atoms with E-state index in [9.17, 15) is 22.8 Å². The Labute approximate surface area is 166 Å². The number of hydrogen-bond acceptors (Lipinski definition) is 4. The lowest BCUT2D eigenvalue weighted by molar-refractivity contribution is -0.137. The average molecular weight is 413 g/mol. The third kappa shape index (κ3) is 3.10. The minimum atomic E-state index is -4.40. The second kappa shape index (κ2) is 6.41. The number of halogens is 3. The summed E-state index contributed by atoms with van der Waals surface area (Å²) in [6.07, 6.45) is 0.743. The van der Waals surface area contributed by atoms with E-state index < -0.39 is 23.0 Å². The molecular weight excluding hydrogens is 399 g/mol. The molecule has 0 amide bonds. The standard InChI is InChI=1S/C20H14F3N5O2/c21-20(22,23)11-3-1-2-10(6-11)12-7-13(12)14-8-16(27-28-5-4-24-17(14)28)15-9-25-19(30)26-18(15)29/h1-6,8-9,12-13H,7H2,(H2,25,26,29,30)/t12-,13+/m0/s1. The van der Waals surface area contributed by atoms with E-state index in [0.29, 0.717) is 23.3 Å². The van der Waals surface area contributed by atoms with Gasteiger partial charge in [0.25, 0.3) is 5.56 Å². The first-order chi connectivity index (χ1) is 14.3. The van der Waals surface area contributed by atoms with Gasteiger partial charge in [0.05, 0.1) is 16.8 Å². The Bertz CT molecular complexity index is 1390. The molecule has 0 aliphatic heterocycles. The van der Waals surface area contributed by atoms with Gasteiger partial charge in [0, 0.05) is 24.2 Å². The number of fused-ring (bicyclic) bond motifs is 1. The van der Waals surface area contributed by atoms with Crippen LogP contribution in [0.25, 0.3) is 16.9 Å². The zero-order chi connectivity index (χ0) is 21.0. The number of aromatic nitrogens is 5. The molecule has 2 N–H and O–H groups in total. The number of benzene rings is 1. The maximum absolute atomic E-state index is 13.1. The lowest BCUT2D eigenvalue weighted by Gasteiger charge is -2.09. The second-order valence-electron chi connectivity index (χ2n) is 7.24. The predicted molar refractivity (Wildman–Crippen MR) is 101 cm³/mol. The summed E-state index contributed by atoms with van der Waals surface area (Å²) in [6, 6.07) is 7.06. The van der Waals surface area contributed by atoms with Crippen LogP contribution in [0.4, 0.5) is 13.2 Å². The molecule has 0 unspecified atom stereocenters. The van der Waals surface area contributed by atoms with Crippen molar-refractivity contribution in [2.75, 3.05) is 0 Å². The van der Waals surface area contributed by atoms with Crippen LogP contribution < -0.4 is 11.2 Å². The highest BCUT2D eigenvalue weighted by atomic mass is 19.4. The smallest absolute Gasteiger partial charge is 0.313 e. The first-order valence-corrected chi connectivity index (χ1v) is 9.15. The van der Waals surface area contributed by atoms with Crippen molar-refractivity contribution < 1.29 is 13.2 Å². The number of hydrogen-bond donors (Lipinski definition) is 2. The molecule has 3 heterocycles.